The zero-order valence-corrected chi connectivity index (χ0v) is 15.0. The summed E-state index contributed by atoms with van der Waals surface area (Å²) in [6.07, 6.45) is 0.992. The molecule has 2 aromatic carbocycles. The van der Waals surface area contributed by atoms with E-state index in [1.807, 2.05) is 12.1 Å². The third-order valence-corrected chi connectivity index (χ3v) is 3.63. The largest absolute Gasteiger partial charge is 0.494 e. The number of ether oxygens (including phenoxy) is 1. The van der Waals surface area contributed by atoms with Gasteiger partial charge in [-0.1, -0.05) is 26.0 Å². The van der Waals surface area contributed by atoms with Gasteiger partial charge in [-0.25, -0.2) is 4.39 Å². The molecule has 0 aliphatic carbocycles. The van der Waals surface area contributed by atoms with Crippen LogP contribution in [-0.2, 0) is 0 Å². The second kappa shape index (κ2) is 9.13. The van der Waals surface area contributed by atoms with E-state index in [1.165, 1.54) is 18.2 Å². The molecule has 25 heavy (non-hydrogen) atoms. The maximum atomic E-state index is 13.6. The first-order valence-electron chi connectivity index (χ1n) is 8.05. The average Bonchev–Trinajstić information content (AvgIpc) is 2.56. The van der Waals surface area contributed by atoms with E-state index in [9.17, 15) is 9.18 Å². The number of amides is 1. The molecule has 4 nitrogen and oxygen atoms in total. The van der Waals surface area contributed by atoms with Crippen LogP contribution in [0.25, 0.3) is 0 Å². The summed E-state index contributed by atoms with van der Waals surface area (Å²) in [5, 5.41) is 5.44. The lowest BCUT2D eigenvalue weighted by molar-refractivity contribution is 0.0974. The van der Waals surface area contributed by atoms with Crippen molar-refractivity contribution in [1.29, 1.82) is 0 Å². The van der Waals surface area contributed by atoms with E-state index in [0.29, 0.717) is 18.2 Å². The molecule has 0 unspecified atom stereocenters. The van der Waals surface area contributed by atoms with E-state index in [0.717, 1.165) is 12.2 Å². The van der Waals surface area contributed by atoms with Crippen molar-refractivity contribution in [2.24, 2.45) is 5.92 Å². The Balaban J connectivity index is 1.86. The maximum Gasteiger partial charge on any atom is 0.260 e. The average molecular weight is 360 g/mol. The lowest BCUT2D eigenvalue weighted by Crippen LogP contribution is -2.34. The summed E-state index contributed by atoms with van der Waals surface area (Å²) in [6.45, 7) is 4.96. The Kier molecular flexibility index (Phi) is 6.89. The molecule has 0 aliphatic rings. The Bertz CT molecular complexity index is 732. The molecule has 0 heterocycles. The summed E-state index contributed by atoms with van der Waals surface area (Å²) in [5.74, 6) is 0.179. The highest BCUT2D eigenvalue weighted by molar-refractivity contribution is 7.80. The first kappa shape index (κ1) is 18.9. The molecule has 0 aliphatic heterocycles. The van der Waals surface area contributed by atoms with Gasteiger partial charge in [0.15, 0.2) is 5.11 Å². The van der Waals surface area contributed by atoms with Crippen LogP contribution in [0, 0.1) is 11.7 Å². The number of nitrogens with one attached hydrogen (secondary N) is 2. The van der Waals surface area contributed by atoms with Crippen molar-refractivity contribution in [3.8, 4) is 5.75 Å². The predicted octanol–water partition coefficient (Wildman–Crippen LogP) is 4.38. The van der Waals surface area contributed by atoms with Crippen molar-refractivity contribution in [2.45, 2.75) is 20.3 Å². The molecule has 1 amide bonds. The van der Waals surface area contributed by atoms with Gasteiger partial charge < -0.3 is 10.1 Å². The van der Waals surface area contributed by atoms with Gasteiger partial charge in [0.05, 0.1) is 12.2 Å². The zero-order chi connectivity index (χ0) is 18.2. The summed E-state index contributed by atoms with van der Waals surface area (Å²) < 4.78 is 19.2. The number of anilines is 1. The number of hydrogen-bond donors (Lipinski definition) is 2. The normalized spacial score (nSPS) is 10.4. The molecular formula is C19H21FN2O2S. The summed E-state index contributed by atoms with van der Waals surface area (Å²) in [4.78, 5) is 12.0. The fraction of sp³-hybridized carbons (Fsp3) is 0.263. The van der Waals surface area contributed by atoms with E-state index in [2.05, 4.69) is 24.5 Å². The second-order valence-corrected chi connectivity index (χ2v) is 6.35. The summed E-state index contributed by atoms with van der Waals surface area (Å²) in [7, 11) is 0. The highest BCUT2D eigenvalue weighted by Crippen LogP contribution is 2.16. The molecule has 0 fully saturated rings. The van der Waals surface area contributed by atoms with Gasteiger partial charge in [0.2, 0.25) is 0 Å². The summed E-state index contributed by atoms with van der Waals surface area (Å²) in [5.41, 5.74) is 0.649. The van der Waals surface area contributed by atoms with Crippen molar-refractivity contribution in [2.75, 3.05) is 11.9 Å². The molecule has 6 heteroatoms. The van der Waals surface area contributed by atoms with Crippen molar-refractivity contribution < 1.29 is 13.9 Å². The fourth-order valence-corrected chi connectivity index (χ4v) is 2.24. The highest BCUT2D eigenvalue weighted by atomic mass is 32.1. The maximum absolute atomic E-state index is 13.6. The third kappa shape index (κ3) is 6.15. The number of carbonyl (C=O) groups excluding carboxylic acids is 1. The Morgan fingerprint density at radius 2 is 1.84 bits per heavy atom. The molecule has 2 rings (SSSR count). The van der Waals surface area contributed by atoms with E-state index < -0.39 is 11.7 Å². The molecule has 0 saturated heterocycles. The van der Waals surface area contributed by atoms with Crippen molar-refractivity contribution >= 4 is 28.9 Å². The van der Waals surface area contributed by atoms with Gasteiger partial charge in [0, 0.05) is 5.69 Å². The second-order valence-electron chi connectivity index (χ2n) is 5.94. The number of rotatable bonds is 6. The van der Waals surface area contributed by atoms with Gasteiger partial charge in [-0.2, -0.15) is 0 Å². The number of thiocarbonyl (C=S) groups is 1. The minimum absolute atomic E-state index is 0.0550. The van der Waals surface area contributed by atoms with Gasteiger partial charge in [-0.3, -0.25) is 10.1 Å². The predicted molar refractivity (Wildman–Crippen MR) is 101 cm³/mol. The Morgan fingerprint density at radius 1 is 1.16 bits per heavy atom. The molecule has 0 radical (unpaired) electrons. The van der Waals surface area contributed by atoms with Crippen LogP contribution in [0.1, 0.15) is 30.6 Å². The van der Waals surface area contributed by atoms with Crippen LogP contribution in [0.2, 0.25) is 0 Å². The number of carbonyl (C=O) groups is 1. The van der Waals surface area contributed by atoms with Gasteiger partial charge >= 0.3 is 0 Å². The van der Waals surface area contributed by atoms with Crippen LogP contribution in [0.3, 0.4) is 0 Å². The van der Waals surface area contributed by atoms with Crippen LogP contribution in [0.4, 0.5) is 10.1 Å². The standard InChI is InChI=1S/C19H21FN2O2S/c1-13(2)11-12-24-15-9-7-14(8-10-15)21-19(25)22-18(23)16-5-3-4-6-17(16)20/h3-10,13H,11-12H2,1-2H3,(H2,21,22,23,25). The molecule has 132 valence electrons. The molecule has 0 bridgehead atoms. The Labute approximate surface area is 152 Å². The van der Waals surface area contributed by atoms with E-state index in [1.54, 1.807) is 18.2 Å². The lowest BCUT2D eigenvalue weighted by Gasteiger charge is -2.11. The molecule has 0 aromatic heterocycles. The van der Waals surface area contributed by atoms with Crippen molar-refractivity contribution in [3.63, 3.8) is 0 Å². The molecule has 0 spiro atoms. The summed E-state index contributed by atoms with van der Waals surface area (Å²) in [6, 6.07) is 13.0. The minimum atomic E-state index is -0.593. The van der Waals surface area contributed by atoms with Gasteiger partial charge in [0.1, 0.15) is 11.6 Å². The molecule has 2 N–H and O–H groups in total. The van der Waals surface area contributed by atoms with Gasteiger partial charge in [-0.15, -0.1) is 0 Å². The first-order valence-corrected chi connectivity index (χ1v) is 8.46. The topological polar surface area (TPSA) is 50.4 Å². The Hall–Kier alpha value is -2.47. The number of halogens is 1. The van der Waals surface area contributed by atoms with E-state index >= 15 is 0 Å². The third-order valence-electron chi connectivity index (χ3n) is 3.42. The van der Waals surface area contributed by atoms with E-state index in [4.69, 9.17) is 17.0 Å². The van der Waals surface area contributed by atoms with Crippen LogP contribution < -0.4 is 15.4 Å². The van der Waals surface area contributed by atoms with Crippen molar-refractivity contribution in [3.05, 3.63) is 59.9 Å². The Morgan fingerprint density at radius 3 is 2.48 bits per heavy atom. The van der Waals surface area contributed by atoms with Crippen LogP contribution in [-0.4, -0.2) is 17.6 Å². The van der Waals surface area contributed by atoms with Crippen molar-refractivity contribution in [1.82, 2.24) is 5.32 Å². The smallest absolute Gasteiger partial charge is 0.260 e. The molecule has 0 saturated carbocycles. The van der Waals surface area contributed by atoms with Gasteiger partial charge in [0.25, 0.3) is 5.91 Å². The molecule has 0 atom stereocenters. The SMILES string of the molecule is CC(C)CCOc1ccc(NC(=S)NC(=O)c2ccccc2F)cc1. The van der Waals surface area contributed by atoms with Gasteiger partial charge in [-0.05, 0) is 61.0 Å². The minimum Gasteiger partial charge on any atom is -0.494 e. The monoisotopic (exact) mass is 360 g/mol. The van der Waals surface area contributed by atoms with Crippen LogP contribution in [0.5, 0.6) is 5.75 Å². The first-order chi connectivity index (χ1) is 12.0. The number of benzene rings is 2. The molecular weight excluding hydrogens is 339 g/mol. The number of hydrogen-bond acceptors (Lipinski definition) is 3. The van der Waals surface area contributed by atoms with Crippen LogP contribution >= 0.6 is 12.2 Å². The quantitative estimate of drug-likeness (QED) is 0.751. The van der Waals surface area contributed by atoms with Crippen LogP contribution in [0.15, 0.2) is 48.5 Å². The highest BCUT2D eigenvalue weighted by Gasteiger charge is 2.12. The zero-order valence-electron chi connectivity index (χ0n) is 14.2. The lowest BCUT2D eigenvalue weighted by atomic mass is 10.1. The fourth-order valence-electron chi connectivity index (χ4n) is 2.03. The summed E-state index contributed by atoms with van der Waals surface area (Å²) >= 11 is 5.09. The molecule has 2 aromatic rings. The van der Waals surface area contributed by atoms with E-state index in [-0.39, 0.29) is 10.7 Å².